The number of hydrogen-bond donors (Lipinski definition) is 1. The maximum Gasteiger partial charge on any atom is 0.490 e. The Kier molecular flexibility index (Phi) is 8.36. The van der Waals surface area contributed by atoms with Crippen molar-refractivity contribution in [2.24, 2.45) is 0 Å². The molecule has 39 heavy (non-hydrogen) atoms. The average molecular weight is 584 g/mol. The van der Waals surface area contributed by atoms with Crippen molar-refractivity contribution in [2.75, 3.05) is 4.90 Å². The highest BCUT2D eigenvalue weighted by molar-refractivity contribution is 7.91. The van der Waals surface area contributed by atoms with Crippen molar-refractivity contribution < 1.29 is 41.1 Å². The lowest BCUT2D eigenvalue weighted by molar-refractivity contribution is -0.192. The number of aliphatic carboxylic acids is 1. The summed E-state index contributed by atoms with van der Waals surface area (Å²) in [6, 6.07) is 15.0. The third-order valence-electron chi connectivity index (χ3n) is 5.67. The molecule has 2 heterocycles. The summed E-state index contributed by atoms with van der Waals surface area (Å²) in [5, 5.41) is 7.05. The Balaban J connectivity index is 0.000000532. The van der Waals surface area contributed by atoms with Crippen LogP contribution < -0.4 is 4.90 Å². The first-order valence-corrected chi connectivity index (χ1v) is 12.9. The second kappa shape index (κ2) is 11.0. The van der Waals surface area contributed by atoms with E-state index >= 15 is 0 Å². The zero-order chi connectivity index (χ0) is 29.2. The fourth-order valence-corrected chi connectivity index (χ4v) is 5.38. The van der Waals surface area contributed by atoms with Crippen LogP contribution in [0.4, 0.5) is 23.7 Å². The van der Waals surface area contributed by atoms with Gasteiger partial charge in [-0.3, -0.25) is 9.78 Å². The van der Waals surface area contributed by atoms with Gasteiger partial charge in [0.15, 0.2) is 0 Å². The number of rotatable bonds is 5. The number of benzene rings is 2. The van der Waals surface area contributed by atoms with Crippen LogP contribution >= 0.6 is 11.6 Å². The molecule has 0 atom stereocenters. The highest BCUT2D eigenvalue weighted by atomic mass is 35.5. The van der Waals surface area contributed by atoms with Crippen LogP contribution in [0.15, 0.2) is 82.8 Å². The summed E-state index contributed by atoms with van der Waals surface area (Å²) in [4.78, 5) is 41.7. The van der Waals surface area contributed by atoms with Gasteiger partial charge in [0.1, 0.15) is 5.54 Å². The highest BCUT2D eigenvalue weighted by Crippen LogP contribution is 2.36. The first-order valence-electron chi connectivity index (χ1n) is 11.0. The van der Waals surface area contributed by atoms with Crippen molar-refractivity contribution in [3.05, 3.63) is 83.6 Å². The number of carbonyl (C=O) groups is 3. The Morgan fingerprint density at radius 3 is 2.10 bits per heavy atom. The molecule has 3 aromatic rings. The molecule has 4 rings (SSSR count). The molecule has 9 nitrogen and oxygen atoms in total. The van der Waals surface area contributed by atoms with Crippen molar-refractivity contribution >= 4 is 45.0 Å². The molecule has 14 heteroatoms. The SMILES string of the molecule is CC1(C)C(=O)N(c2ccc(S(=O)(=O)c3ccccc3)c(Cl)c2)C(=O)N1Cc1ccncc1.O=C(O)C(F)(F)F. The van der Waals surface area contributed by atoms with E-state index in [-0.39, 0.29) is 27.0 Å². The molecule has 1 fully saturated rings. The predicted octanol–water partition coefficient (Wildman–Crippen LogP) is 4.95. The quantitative estimate of drug-likeness (QED) is 0.421. The number of pyridine rings is 1. The van der Waals surface area contributed by atoms with Gasteiger partial charge in [0.2, 0.25) is 9.84 Å². The third kappa shape index (κ3) is 6.20. The number of imide groups is 1. The molecule has 206 valence electrons. The molecule has 1 aliphatic heterocycles. The number of carboxylic acid groups (broad SMARTS) is 1. The molecule has 2 aromatic carbocycles. The smallest absolute Gasteiger partial charge is 0.475 e. The Morgan fingerprint density at radius 2 is 1.59 bits per heavy atom. The van der Waals surface area contributed by atoms with Crippen molar-refractivity contribution in [1.29, 1.82) is 0 Å². The second-order valence-electron chi connectivity index (χ2n) is 8.66. The number of urea groups is 1. The van der Waals surface area contributed by atoms with Crippen LogP contribution in [0.5, 0.6) is 0 Å². The van der Waals surface area contributed by atoms with Crippen molar-refractivity contribution in [2.45, 2.75) is 41.9 Å². The minimum absolute atomic E-state index is 0.0719. The maximum absolute atomic E-state index is 13.2. The Morgan fingerprint density at radius 1 is 1.03 bits per heavy atom. The maximum atomic E-state index is 13.2. The number of anilines is 1. The van der Waals surface area contributed by atoms with Crippen LogP contribution in [0.3, 0.4) is 0 Å². The number of sulfone groups is 1. The predicted molar refractivity (Wildman–Crippen MR) is 134 cm³/mol. The van der Waals surface area contributed by atoms with Crippen LogP contribution in [0, 0.1) is 0 Å². The second-order valence-corrected chi connectivity index (χ2v) is 11.0. The van der Waals surface area contributed by atoms with Crippen LogP contribution in [0.25, 0.3) is 0 Å². The van der Waals surface area contributed by atoms with E-state index in [1.165, 1.54) is 35.2 Å². The summed E-state index contributed by atoms with van der Waals surface area (Å²) in [7, 11) is -3.85. The summed E-state index contributed by atoms with van der Waals surface area (Å²) in [6.45, 7) is 3.57. The van der Waals surface area contributed by atoms with Gasteiger partial charge >= 0.3 is 18.2 Å². The largest absolute Gasteiger partial charge is 0.490 e. The minimum atomic E-state index is -5.08. The van der Waals surface area contributed by atoms with Crippen LogP contribution in [-0.4, -0.2) is 53.0 Å². The molecule has 1 N–H and O–H groups in total. The molecule has 1 saturated heterocycles. The van der Waals surface area contributed by atoms with Gasteiger partial charge in [0.25, 0.3) is 5.91 Å². The van der Waals surface area contributed by atoms with Crippen LogP contribution in [0.2, 0.25) is 5.02 Å². The van der Waals surface area contributed by atoms with Gasteiger partial charge in [0, 0.05) is 18.9 Å². The lowest BCUT2D eigenvalue weighted by Crippen LogP contribution is -2.43. The van der Waals surface area contributed by atoms with Crippen molar-refractivity contribution in [1.82, 2.24) is 9.88 Å². The molecule has 0 saturated carbocycles. The average Bonchev–Trinajstić information content (AvgIpc) is 3.04. The topological polar surface area (TPSA) is 125 Å². The molecule has 0 bridgehead atoms. The van der Waals surface area contributed by atoms with Gasteiger partial charge in [-0.25, -0.2) is 22.9 Å². The van der Waals surface area contributed by atoms with E-state index in [9.17, 15) is 31.2 Å². The molecule has 0 aliphatic carbocycles. The van der Waals surface area contributed by atoms with Gasteiger partial charge in [-0.1, -0.05) is 29.8 Å². The summed E-state index contributed by atoms with van der Waals surface area (Å²) in [5.41, 5.74) is -0.0533. The highest BCUT2D eigenvalue weighted by Gasteiger charge is 2.51. The third-order valence-corrected chi connectivity index (χ3v) is 7.93. The van der Waals surface area contributed by atoms with E-state index in [1.807, 2.05) is 0 Å². The molecule has 0 radical (unpaired) electrons. The van der Waals surface area contributed by atoms with E-state index in [4.69, 9.17) is 21.5 Å². The summed E-state index contributed by atoms with van der Waals surface area (Å²) >= 11 is 6.33. The van der Waals surface area contributed by atoms with E-state index < -0.39 is 39.5 Å². The molecule has 1 aromatic heterocycles. The van der Waals surface area contributed by atoms with Gasteiger partial charge in [0.05, 0.1) is 20.5 Å². The molecule has 0 unspecified atom stereocenters. The van der Waals surface area contributed by atoms with Crippen molar-refractivity contribution in [3.8, 4) is 0 Å². The zero-order valence-corrected chi connectivity index (χ0v) is 22.0. The number of amides is 3. The summed E-state index contributed by atoms with van der Waals surface area (Å²) < 4.78 is 57.6. The molecule has 3 amide bonds. The number of halogens is 4. The van der Waals surface area contributed by atoms with Gasteiger partial charge in [-0.05, 0) is 61.9 Å². The van der Waals surface area contributed by atoms with Crippen molar-refractivity contribution in [3.63, 3.8) is 0 Å². The standard InChI is InChI=1S/C23H20ClN3O4S.C2HF3O2/c1-23(2)21(28)27(22(29)26(23)15-16-10-12-25-13-11-16)17-8-9-20(19(24)14-17)32(30,31)18-6-4-3-5-7-18;3-2(4,5)1(6)7/h3-14H,15H2,1-2H3;(H,6,7). The van der Waals surface area contributed by atoms with E-state index in [0.717, 1.165) is 10.5 Å². The first kappa shape index (κ1) is 29.6. The molecular formula is C25H21ClF3N3O6S. The number of aromatic nitrogens is 1. The fourth-order valence-electron chi connectivity index (χ4n) is 3.57. The number of nitrogens with zero attached hydrogens (tertiary/aromatic N) is 3. The summed E-state index contributed by atoms with van der Waals surface area (Å²) in [6.07, 6.45) is -1.84. The summed E-state index contributed by atoms with van der Waals surface area (Å²) in [5.74, 6) is -3.18. The lowest BCUT2D eigenvalue weighted by Gasteiger charge is -2.27. The Labute approximate surface area is 226 Å². The number of carboxylic acids is 1. The number of hydrogen-bond acceptors (Lipinski definition) is 6. The number of alkyl halides is 3. The van der Waals surface area contributed by atoms with E-state index in [1.54, 1.807) is 56.6 Å². The molecule has 1 aliphatic rings. The zero-order valence-electron chi connectivity index (χ0n) is 20.4. The fraction of sp³-hybridized carbons (Fsp3) is 0.200. The van der Waals surface area contributed by atoms with E-state index in [2.05, 4.69) is 4.98 Å². The minimum Gasteiger partial charge on any atom is -0.475 e. The lowest BCUT2D eigenvalue weighted by atomic mass is 10.0. The Bertz CT molecular complexity index is 1500. The van der Waals surface area contributed by atoms with Gasteiger partial charge < -0.3 is 10.0 Å². The number of carbonyl (C=O) groups excluding carboxylic acids is 2. The van der Waals surface area contributed by atoms with E-state index in [0.29, 0.717) is 0 Å². The Hall–Kier alpha value is -3.97. The van der Waals surface area contributed by atoms with Crippen LogP contribution in [0.1, 0.15) is 19.4 Å². The molecular weight excluding hydrogens is 563 g/mol. The first-order chi connectivity index (χ1) is 18.1. The molecule has 0 spiro atoms. The monoisotopic (exact) mass is 583 g/mol. The van der Waals surface area contributed by atoms with Gasteiger partial charge in [-0.2, -0.15) is 13.2 Å². The normalized spacial score (nSPS) is 15.1. The van der Waals surface area contributed by atoms with Gasteiger partial charge in [-0.15, -0.1) is 0 Å². The van der Waals surface area contributed by atoms with Crippen LogP contribution in [-0.2, 0) is 26.0 Å².